The lowest BCUT2D eigenvalue weighted by Crippen LogP contribution is -2.57. The van der Waals surface area contributed by atoms with Crippen LogP contribution in [-0.2, 0) is 39.9 Å². The van der Waals surface area contributed by atoms with Crippen LogP contribution in [0.3, 0.4) is 0 Å². The lowest BCUT2D eigenvalue weighted by molar-refractivity contribution is -0.147. The number of ether oxygens (including phenoxy) is 3. The lowest BCUT2D eigenvalue weighted by Gasteiger charge is -2.25. The summed E-state index contributed by atoms with van der Waals surface area (Å²) in [5, 5.41) is 13.9. The number of amides is 4. The Morgan fingerprint density at radius 1 is 0.656 bits per heavy atom. The average molecular weight is 854 g/mol. The summed E-state index contributed by atoms with van der Waals surface area (Å²) in [5.74, 6) is -3.80. The summed E-state index contributed by atoms with van der Waals surface area (Å²) < 4.78 is 16.0. The molecule has 5 rings (SSSR count). The van der Waals surface area contributed by atoms with Crippen molar-refractivity contribution < 1.29 is 43.0 Å². The Kier molecular flexibility index (Phi) is 16.3. The lowest BCUT2D eigenvalue weighted by atomic mass is 10.0. The molecule has 0 aliphatic carbocycles. The van der Waals surface area contributed by atoms with Crippen LogP contribution in [0.2, 0.25) is 5.02 Å². The van der Waals surface area contributed by atoms with Crippen LogP contribution in [0, 0.1) is 11.8 Å². The summed E-state index contributed by atoms with van der Waals surface area (Å²) in [6.07, 6.45) is -1.00. The van der Waals surface area contributed by atoms with Gasteiger partial charge in [-0.15, -0.1) is 0 Å². The number of halogens is 1. The van der Waals surface area contributed by atoms with Crippen LogP contribution in [0.4, 0.5) is 5.69 Å². The van der Waals surface area contributed by atoms with Crippen LogP contribution >= 0.6 is 11.6 Å². The molecule has 1 heterocycles. The third-order valence-corrected chi connectivity index (χ3v) is 9.70. The number of esters is 2. The van der Waals surface area contributed by atoms with E-state index in [0.29, 0.717) is 32.9 Å². The van der Waals surface area contributed by atoms with Crippen LogP contribution in [0.25, 0.3) is 21.7 Å². The van der Waals surface area contributed by atoms with E-state index in [2.05, 4.69) is 26.3 Å². The van der Waals surface area contributed by atoms with Gasteiger partial charge in [0.25, 0.3) is 5.91 Å². The molecule has 0 fully saturated rings. The molecule has 15 heteroatoms. The first-order valence-corrected chi connectivity index (χ1v) is 20.5. The van der Waals surface area contributed by atoms with Gasteiger partial charge in [0.15, 0.2) is 0 Å². The van der Waals surface area contributed by atoms with Crippen molar-refractivity contribution in [2.24, 2.45) is 11.8 Å². The van der Waals surface area contributed by atoms with Gasteiger partial charge in [-0.05, 0) is 71.0 Å². The van der Waals surface area contributed by atoms with E-state index in [0.717, 1.165) is 10.8 Å². The molecular weight excluding hydrogens is 802 g/mol. The van der Waals surface area contributed by atoms with Crippen molar-refractivity contribution in [3.63, 3.8) is 0 Å². The Hall–Kier alpha value is -6.41. The molecule has 4 amide bonds. The molecule has 322 valence electrons. The molecule has 0 bridgehead atoms. The van der Waals surface area contributed by atoms with E-state index in [1.807, 2.05) is 70.2 Å². The third kappa shape index (κ3) is 13.8. The molecule has 0 saturated heterocycles. The fraction of sp³-hybridized carbons (Fsp3) is 0.348. The average Bonchev–Trinajstić information content (AvgIpc) is 3.66. The number of fused-ring (bicyclic) bond motifs is 2. The van der Waals surface area contributed by atoms with Gasteiger partial charge in [0.2, 0.25) is 17.7 Å². The van der Waals surface area contributed by atoms with Crippen molar-refractivity contribution in [1.82, 2.24) is 20.9 Å². The first-order valence-electron chi connectivity index (χ1n) is 20.1. The number of carbonyl (C=O) groups is 6. The zero-order valence-electron chi connectivity index (χ0n) is 34.8. The van der Waals surface area contributed by atoms with E-state index >= 15 is 0 Å². The highest BCUT2D eigenvalue weighted by atomic mass is 35.5. The second-order valence-corrected chi connectivity index (χ2v) is 16.0. The Bertz CT molecular complexity index is 2360. The van der Waals surface area contributed by atoms with E-state index in [-0.39, 0.29) is 50.0 Å². The highest BCUT2D eigenvalue weighted by Crippen LogP contribution is 2.22. The number of hydrogen-bond acceptors (Lipinski definition) is 9. The molecule has 1 aromatic heterocycles. The van der Waals surface area contributed by atoms with Crippen molar-refractivity contribution >= 4 is 74.5 Å². The maximum Gasteiger partial charge on any atom is 0.308 e. The van der Waals surface area contributed by atoms with Gasteiger partial charge in [-0.2, -0.15) is 0 Å². The van der Waals surface area contributed by atoms with E-state index in [4.69, 9.17) is 25.8 Å². The van der Waals surface area contributed by atoms with Gasteiger partial charge in [0, 0.05) is 40.5 Å². The van der Waals surface area contributed by atoms with E-state index in [1.54, 1.807) is 48.5 Å². The SMILES string of the molecule is COc1cccc(NC(=O)C(CCC(=O)OCC(C)C)NC(=O)C(CC(=O)OCC(C)C)NC(=O)C(Cc2ccc3ccccc3c2)NC(=O)c2cc3cc(Cl)ccc3[nH]2)c1. The van der Waals surface area contributed by atoms with Gasteiger partial charge in [-0.3, -0.25) is 28.8 Å². The zero-order chi connectivity index (χ0) is 44.1. The smallest absolute Gasteiger partial charge is 0.308 e. The molecule has 5 aromatic rings. The van der Waals surface area contributed by atoms with Gasteiger partial charge in [0.1, 0.15) is 29.6 Å². The third-order valence-electron chi connectivity index (χ3n) is 9.47. The molecule has 14 nitrogen and oxygen atoms in total. The topological polar surface area (TPSA) is 194 Å². The number of aromatic nitrogens is 1. The van der Waals surface area contributed by atoms with Crippen LogP contribution < -0.4 is 26.0 Å². The number of benzene rings is 4. The van der Waals surface area contributed by atoms with Gasteiger partial charge in [-0.1, -0.05) is 87.8 Å². The minimum absolute atomic E-state index is 0.00462. The first kappa shape index (κ1) is 45.7. The van der Waals surface area contributed by atoms with E-state index in [9.17, 15) is 28.8 Å². The molecule has 0 aliphatic rings. The number of H-pyrrole nitrogens is 1. The van der Waals surface area contributed by atoms with Gasteiger partial charge < -0.3 is 40.5 Å². The highest BCUT2D eigenvalue weighted by Gasteiger charge is 2.33. The predicted octanol–water partition coefficient (Wildman–Crippen LogP) is 6.50. The van der Waals surface area contributed by atoms with Crippen molar-refractivity contribution in [2.75, 3.05) is 25.6 Å². The fourth-order valence-corrected chi connectivity index (χ4v) is 6.49. The first-order chi connectivity index (χ1) is 29.2. The predicted molar refractivity (Wildman–Crippen MR) is 233 cm³/mol. The van der Waals surface area contributed by atoms with Crippen LogP contribution in [-0.4, -0.2) is 79.0 Å². The number of methoxy groups -OCH3 is 1. The summed E-state index contributed by atoms with van der Waals surface area (Å²) in [6, 6.07) is 22.5. The summed E-state index contributed by atoms with van der Waals surface area (Å²) >= 11 is 6.18. The maximum atomic E-state index is 14.4. The normalized spacial score (nSPS) is 12.7. The maximum absolute atomic E-state index is 14.4. The molecule has 0 spiro atoms. The molecule has 5 N–H and O–H groups in total. The quantitative estimate of drug-likeness (QED) is 0.0544. The van der Waals surface area contributed by atoms with Crippen molar-refractivity contribution in [3.8, 4) is 5.75 Å². The molecule has 0 radical (unpaired) electrons. The summed E-state index contributed by atoms with van der Waals surface area (Å²) in [4.78, 5) is 85.0. The molecule has 3 atom stereocenters. The monoisotopic (exact) mass is 853 g/mol. The van der Waals surface area contributed by atoms with E-state index < -0.39 is 60.1 Å². The number of carbonyl (C=O) groups excluding carboxylic acids is 6. The highest BCUT2D eigenvalue weighted by molar-refractivity contribution is 6.31. The Morgan fingerprint density at radius 2 is 1.34 bits per heavy atom. The van der Waals surface area contributed by atoms with Crippen molar-refractivity contribution in [1.29, 1.82) is 0 Å². The molecular formula is C46H52ClN5O9. The van der Waals surface area contributed by atoms with Crippen LogP contribution in [0.5, 0.6) is 5.75 Å². The number of aromatic amines is 1. The minimum atomic E-state index is -1.57. The zero-order valence-corrected chi connectivity index (χ0v) is 35.6. The molecule has 3 unspecified atom stereocenters. The molecule has 0 saturated carbocycles. The number of nitrogens with one attached hydrogen (secondary N) is 5. The van der Waals surface area contributed by atoms with Crippen LogP contribution in [0.1, 0.15) is 63.0 Å². The standard InChI is InChI=1S/C46H52ClN5O9/c1-27(2)25-60-41(53)18-17-37(43(55)48-34-11-8-12-35(23-34)59-5)50-46(58)40(24-42(54)61-26-28(3)4)52-44(56)38(20-29-13-14-30-9-6-7-10-31(30)19-29)51-45(57)39-22-32-21-33(47)15-16-36(32)49-39/h6-16,19,21-23,27-28,37-38,40,49H,17-18,20,24-26H2,1-5H3,(H,48,55)(H,50,58)(H,51,57)(H,52,56). The Labute approximate surface area is 359 Å². The second-order valence-electron chi connectivity index (χ2n) is 15.6. The van der Waals surface area contributed by atoms with Crippen molar-refractivity contribution in [3.05, 3.63) is 107 Å². The number of rotatable bonds is 20. The van der Waals surface area contributed by atoms with E-state index in [1.165, 1.54) is 7.11 Å². The van der Waals surface area contributed by atoms with Gasteiger partial charge >= 0.3 is 11.9 Å². The fourth-order valence-electron chi connectivity index (χ4n) is 6.30. The van der Waals surface area contributed by atoms with Crippen LogP contribution in [0.15, 0.2) is 91.0 Å². The van der Waals surface area contributed by atoms with Gasteiger partial charge in [-0.25, -0.2) is 0 Å². The number of hydrogen-bond donors (Lipinski definition) is 5. The van der Waals surface area contributed by atoms with Crippen molar-refractivity contribution in [2.45, 2.75) is 71.5 Å². The Morgan fingerprint density at radius 3 is 2.07 bits per heavy atom. The summed E-state index contributed by atoms with van der Waals surface area (Å²) in [5.41, 5.74) is 1.88. The minimum Gasteiger partial charge on any atom is -0.497 e. The second kappa shape index (κ2) is 21.7. The largest absolute Gasteiger partial charge is 0.497 e. The number of anilines is 1. The molecule has 4 aromatic carbocycles. The molecule has 0 aliphatic heterocycles. The molecule has 61 heavy (non-hydrogen) atoms. The Balaban J connectivity index is 1.43. The summed E-state index contributed by atoms with van der Waals surface area (Å²) in [6.45, 7) is 7.69. The summed E-state index contributed by atoms with van der Waals surface area (Å²) in [7, 11) is 1.48. The van der Waals surface area contributed by atoms with Gasteiger partial charge in [0.05, 0.1) is 26.7 Å².